The van der Waals surface area contributed by atoms with Crippen LogP contribution in [0.5, 0.6) is 0 Å². The third-order valence-electron chi connectivity index (χ3n) is 2.41. The molecule has 4 heteroatoms. The molecule has 0 N–H and O–H groups in total. The topological polar surface area (TPSA) is 38.7 Å². The average molecular weight is 239 g/mol. The van der Waals surface area contributed by atoms with Crippen molar-refractivity contribution in [2.45, 2.75) is 0 Å². The molecule has 3 heterocycles. The van der Waals surface area contributed by atoms with Gasteiger partial charge in [0.25, 0.3) is 0 Å². The molecule has 3 rings (SSSR count). The summed E-state index contributed by atoms with van der Waals surface area (Å²) in [5, 5.41) is 0. The van der Waals surface area contributed by atoms with Crippen molar-refractivity contribution in [3.05, 3.63) is 54.4 Å². The van der Waals surface area contributed by atoms with E-state index in [9.17, 15) is 0 Å². The Balaban J connectivity index is 1.96. The Labute approximate surface area is 103 Å². The SMILES string of the molecule is c1ccc(-c2ccc(-c3cncs3)nc2)nc1. The number of pyridine rings is 2. The lowest BCUT2D eigenvalue weighted by atomic mass is 10.2. The van der Waals surface area contributed by atoms with Crippen molar-refractivity contribution in [2.24, 2.45) is 0 Å². The highest BCUT2D eigenvalue weighted by Gasteiger charge is 2.02. The van der Waals surface area contributed by atoms with Crippen molar-refractivity contribution in [3.8, 4) is 21.8 Å². The van der Waals surface area contributed by atoms with Crippen molar-refractivity contribution >= 4 is 11.3 Å². The molecular formula is C13H9N3S. The Morgan fingerprint density at radius 2 is 1.88 bits per heavy atom. The normalized spacial score (nSPS) is 10.4. The van der Waals surface area contributed by atoms with Gasteiger partial charge in [-0.25, -0.2) is 0 Å². The van der Waals surface area contributed by atoms with Crippen LogP contribution >= 0.6 is 11.3 Å². The highest BCUT2D eigenvalue weighted by atomic mass is 32.1. The molecule has 0 aliphatic heterocycles. The fourth-order valence-electron chi connectivity index (χ4n) is 1.57. The maximum atomic E-state index is 4.43. The van der Waals surface area contributed by atoms with E-state index in [0.717, 1.165) is 21.8 Å². The molecule has 3 nitrogen and oxygen atoms in total. The maximum Gasteiger partial charge on any atom is 0.0818 e. The third kappa shape index (κ3) is 2.07. The van der Waals surface area contributed by atoms with Gasteiger partial charge in [0.2, 0.25) is 0 Å². The van der Waals surface area contributed by atoms with E-state index in [1.807, 2.05) is 48.2 Å². The van der Waals surface area contributed by atoms with Crippen LogP contribution < -0.4 is 0 Å². The van der Waals surface area contributed by atoms with Gasteiger partial charge in [0.1, 0.15) is 0 Å². The zero-order valence-electron chi connectivity index (χ0n) is 8.95. The summed E-state index contributed by atoms with van der Waals surface area (Å²) in [6.45, 7) is 0. The summed E-state index contributed by atoms with van der Waals surface area (Å²) in [6.07, 6.45) is 5.46. The van der Waals surface area contributed by atoms with Crippen LogP contribution in [0.15, 0.2) is 54.4 Å². The molecule has 0 aliphatic carbocycles. The first-order chi connectivity index (χ1) is 8.43. The fraction of sp³-hybridized carbons (Fsp3) is 0. The Bertz CT molecular complexity index is 588. The zero-order valence-corrected chi connectivity index (χ0v) is 9.76. The minimum atomic E-state index is 0.941. The summed E-state index contributed by atoms with van der Waals surface area (Å²) in [7, 11) is 0. The van der Waals surface area contributed by atoms with Crippen molar-refractivity contribution in [1.29, 1.82) is 0 Å². The maximum absolute atomic E-state index is 4.43. The molecule has 3 aromatic rings. The molecule has 0 aromatic carbocycles. The second kappa shape index (κ2) is 4.43. The van der Waals surface area contributed by atoms with E-state index in [-0.39, 0.29) is 0 Å². The summed E-state index contributed by atoms with van der Waals surface area (Å²) in [5.74, 6) is 0. The quantitative estimate of drug-likeness (QED) is 0.689. The van der Waals surface area contributed by atoms with E-state index in [4.69, 9.17) is 0 Å². The lowest BCUT2D eigenvalue weighted by Crippen LogP contribution is -1.85. The lowest BCUT2D eigenvalue weighted by molar-refractivity contribution is 1.28. The monoisotopic (exact) mass is 239 g/mol. The van der Waals surface area contributed by atoms with Crippen LogP contribution in [-0.4, -0.2) is 15.0 Å². The Kier molecular flexibility index (Phi) is 2.63. The van der Waals surface area contributed by atoms with Crippen molar-refractivity contribution in [1.82, 2.24) is 15.0 Å². The zero-order chi connectivity index (χ0) is 11.5. The molecular weight excluding hydrogens is 230 g/mol. The van der Waals surface area contributed by atoms with Gasteiger partial charge in [-0.15, -0.1) is 11.3 Å². The first-order valence-corrected chi connectivity index (χ1v) is 6.08. The summed E-state index contributed by atoms with van der Waals surface area (Å²) >= 11 is 1.59. The van der Waals surface area contributed by atoms with Gasteiger partial charge in [-0.05, 0) is 24.3 Å². The van der Waals surface area contributed by atoms with Crippen LogP contribution in [0, 0.1) is 0 Å². The number of thiazole rings is 1. The van der Waals surface area contributed by atoms with Crippen LogP contribution in [-0.2, 0) is 0 Å². The number of rotatable bonds is 2. The molecule has 0 unspecified atom stereocenters. The number of hydrogen-bond donors (Lipinski definition) is 0. The van der Waals surface area contributed by atoms with Crippen molar-refractivity contribution < 1.29 is 0 Å². The Morgan fingerprint density at radius 3 is 2.53 bits per heavy atom. The van der Waals surface area contributed by atoms with E-state index >= 15 is 0 Å². The molecule has 0 spiro atoms. The van der Waals surface area contributed by atoms with Gasteiger partial charge in [0.15, 0.2) is 0 Å². The van der Waals surface area contributed by atoms with Crippen LogP contribution in [0.3, 0.4) is 0 Å². The summed E-state index contributed by atoms with van der Waals surface area (Å²) < 4.78 is 0. The van der Waals surface area contributed by atoms with Gasteiger partial charge in [-0.2, -0.15) is 0 Å². The largest absolute Gasteiger partial charge is 0.256 e. The second-order valence-electron chi connectivity index (χ2n) is 3.51. The minimum Gasteiger partial charge on any atom is -0.256 e. The van der Waals surface area contributed by atoms with Crippen LogP contribution in [0.1, 0.15) is 0 Å². The molecule has 0 saturated heterocycles. The third-order valence-corrected chi connectivity index (χ3v) is 3.20. The van der Waals surface area contributed by atoms with E-state index in [0.29, 0.717) is 0 Å². The lowest BCUT2D eigenvalue weighted by Gasteiger charge is -2.00. The number of hydrogen-bond acceptors (Lipinski definition) is 4. The van der Waals surface area contributed by atoms with E-state index in [1.54, 1.807) is 17.5 Å². The molecule has 82 valence electrons. The summed E-state index contributed by atoms with van der Waals surface area (Å²) in [6, 6.07) is 9.88. The predicted octanol–water partition coefficient (Wildman–Crippen LogP) is 3.27. The number of aromatic nitrogens is 3. The van der Waals surface area contributed by atoms with Crippen LogP contribution in [0.2, 0.25) is 0 Å². The van der Waals surface area contributed by atoms with Crippen molar-refractivity contribution in [2.75, 3.05) is 0 Å². The molecule has 17 heavy (non-hydrogen) atoms. The van der Waals surface area contributed by atoms with Gasteiger partial charge in [-0.1, -0.05) is 6.07 Å². The number of nitrogens with zero attached hydrogens (tertiary/aromatic N) is 3. The summed E-state index contributed by atoms with van der Waals surface area (Å²) in [4.78, 5) is 13.8. The minimum absolute atomic E-state index is 0.941. The standard InChI is InChI=1S/C13H9N3S/c1-2-6-15-11(3-1)10-4-5-12(16-7-10)13-8-14-9-17-13/h1-9H. The molecule has 0 atom stereocenters. The predicted molar refractivity (Wildman–Crippen MR) is 68.6 cm³/mol. The Hall–Kier alpha value is -2.07. The fourth-order valence-corrected chi connectivity index (χ4v) is 2.17. The van der Waals surface area contributed by atoms with E-state index in [1.165, 1.54) is 0 Å². The van der Waals surface area contributed by atoms with Gasteiger partial charge < -0.3 is 0 Å². The van der Waals surface area contributed by atoms with Gasteiger partial charge in [0.05, 0.1) is 21.8 Å². The highest BCUT2D eigenvalue weighted by Crippen LogP contribution is 2.23. The van der Waals surface area contributed by atoms with Gasteiger partial charge >= 0.3 is 0 Å². The summed E-state index contributed by atoms with van der Waals surface area (Å²) in [5.41, 5.74) is 4.73. The molecule has 0 aliphatic rings. The van der Waals surface area contributed by atoms with Crippen molar-refractivity contribution in [3.63, 3.8) is 0 Å². The average Bonchev–Trinajstić information content (AvgIpc) is 2.94. The van der Waals surface area contributed by atoms with E-state index < -0.39 is 0 Å². The van der Waals surface area contributed by atoms with Crippen LogP contribution in [0.25, 0.3) is 21.8 Å². The van der Waals surface area contributed by atoms with Gasteiger partial charge in [-0.3, -0.25) is 15.0 Å². The highest BCUT2D eigenvalue weighted by molar-refractivity contribution is 7.13. The molecule has 0 bridgehead atoms. The van der Waals surface area contributed by atoms with E-state index in [2.05, 4.69) is 15.0 Å². The van der Waals surface area contributed by atoms with Gasteiger partial charge in [0, 0.05) is 24.2 Å². The van der Waals surface area contributed by atoms with Crippen LogP contribution in [0.4, 0.5) is 0 Å². The smallest absolute Gasteiger partial charge is 0.0818 e. The second-order valence-corrected chi connectivity index (χ2v) is 4.40. The molecule has 3 aromatic heterocycles. The first-order valence-electron chi connectivity index (χ1n) is 5.20. The molecule has 0 radical (unpaired) electrons. The molecule has 0 fully saturated rings. The molecule has 0 saturated carbocycles. The first kappa shape index (κ1) is 10.1. The Morgan fingerprint density at radius 1 is 0.882 bits per heavy atom. The molecule has 0 amide bonds.